The highest BCUT2D eigenvalue weighted by molar-refractivity contribution is 7.19. The number of likely N-dealkylation sites (N-methyl/N-ethyl adjacent to an activating group) is 1. The number of hydrogen-bond acceptors (Lipinski definition) is 4. The van der Waals surface area contributed by atoms with Crippen LogP contribution in [-0.2, 0) is 11.3 Å². The molecule has 0 bridgehead atoms. The summed E-state index contributed by atoms with van der Waals surface area (Å²) < 4.78 is 1.18. The van der Waals surface area contributed by atoms with Crippen LogP contribution in [0.15, 0.2) is 24.3 Å². The Morgan fingerprint density at radius 3 is 2.90 bits per heavy atom. The Morgan fingerprint density at radius 2 is 2.19 bits per heavy atom. The molecular formula is C15H17ClN2O2S. The van der Waals surface area contributed by atoms with Gasteiger partial charge in [-0.15, -0.1) is 11.3 Å². The topological polar surface area (TPSA) is 43.8 Å². The lowest BCUT2D eigenvalue weighted by Crippen LogP contribution is -2.54. The van der Waals surface area contributed by atoms with Gasteiger partial charge in [0.2, 0.25) is 0 Å². The summed E-state index contributed by atoms with van der Waals surface area (Å²) in [6.07, 6.45) is 0. The molecular weight excluding hydrogens is 308 g/mol. The molecule has 112 valence electrons. The highest BCUT2D eigenvalue weighted by Gasteiger charge is 2.30. The number of rotatable bonds is 3. The Kier molecular flexibility index (Phi) is 4.17. The van der Waals surface area contributed by atoms with E-state index in [0.29, 0.717) is 6.54 Å². The van der Waals surface area contributed by atoms with Crippen LogP contribution in [0.2, 0.25) is 5.02 Å². The zero-order chi connectivity index (χ0) is 15.0. The van der Waals surface area contributed by atoms with Crippen molar-refractivity contribution >= 4 is 39.0 Å². The second-order valence-corrected chi connectivity index (χ2v) is 6.92. The number of carbonyl (C=O) groups is 1. The molecule has 4 nitrogen and oxygen atoms in total. The fourth-order valence-electron chi connectivity index (χ4n) is 2.71. The van der Waals surface area contributed by atoms with Gasteiger partial charge in [-0.05, 0) is 13.1 Å². The molecule has 3 rings (SSSR count). The molecule has 1 aromatic carbocycles. The van der Waals surface area contributed by atoms with E-state index < -0.39 is 12.0 Å². The number of carboxylic acid groups (broad SMARTS) is 1. The van der Waals surface area contributed by atoms with Gasteiger partial charge in [-0.1, -0.05) is 29.8 Å². The molecule has 0 unspecified atom stereocenters. The van der Waals surface area contributed by atoms with Crippen molar-refractivity contribution in [2.45, 2.75) is 12.6 Å². The molecule has 0 spiro atoms. The van der Waals surface area contributed by atoms with Gasteiger partial charge >= 0.3 is 5.97 Å². The van der Waals surface area contributed by atoms with Crippen molar-refractivity contribution in [3.05, 3.63) is 34.2 Å². The first kappa shape index (κ1) is 14.8. The predicted octanol–water partition coefficient (Wildman–Crippen LogP) is 2.76. The maximum absolute atomic E-state index is 11.3. The zero-order valence-electron chi connectivity index (χ0n) is 11.8. The summed E-state index contributed by atoms with van der Waals surface area (Å²) >= 11 is 8.15. The van der Waals surface area contributed by atoms with Crippen molar-refractivity contribution in [1.29, 1.82) is 0 Å². The Bertz CT molecular complexity index is 673. The van der Waals surface area contributed by atoms with Crippen molar-refractivity contribution in [2.24, 2.45) is 0 Å². The summed E-state index contributed by atoms with van der Waals surface area (Å²) in [5.41, 5.74) is 0. The third-order valence-corrected chi connectivity index (χ3v) is 5.69. The van der Waals surface area contributed by atoms with Crippen molar-refractivity contribution < 1.29 is 9.90 Å². The number of thiophene rings is 1. The number of carboxylic acids is 1. The molecule has 0 aliphatic carbocycles. The van der Waals surface area contributed by atoms with Crippen molar-refractivity contribution in [1.82, 2.24) is 9.80 Å². The van der Waals surface area contributed by atoms with E-state index in [1.165, 1.54) is 4.70 Å². The van der Waals surface area contributed by atoms with Crippen LogP contribution >= 0.6 is 22.9 Å². The van der Waals surface area contributed by atoms with E-state index in [1.54, 1.807) is 11.3 Å². The van der Waals surface area contributed by atoms with E-state index in [0.717, 1.165) is 34.9 Å². The monoisotopic (exact) mass is 324 g/mol. The minimum absolute atomic E-state index is 0.438. The third-order valence-electron chi connectivity index (χ3n) is 3.99. The van der Waals surface area contributed by atoms with Gasteiger partial charge < -0.3 is 5.11 Å². The van der Waals surface area contributed by atoms with Crippen LogP contribution in [0.1, 0.15) is 4.88 Å². The van der Waals surface area contributed by atoms with E-state index in [4.69, 9.17) is 11.6 Å². The molecule has 2 heterocycles. The highest BCUT2D eigenvalue weighted by Crippen LogP contribution is 2.36. The maximum atomic E-state index is 11.3. The molecule has 1 fully saturated rings. The van der Waals surface area contributed by atoms with Crippen LogP contribution in [0.25, 0.3) is 10.1 Å². The standard InChI is InChI=1S/C15H17ClN2O2S/c1-17-6-7-18(8-11(17)15(19)20)9-13-14(16)10-4-2-3-5-12(10)21-13/h2-5,11H,6-9H2,1H3,(H,19,20)/t11-/m0/s1. The van der Waals surface area contributed by atoms with Crippen LogP contribution in [-0.4, -0.2) is 53.6 Å². The largest absolute Gasteiger partial charge is 0.480 e. The van der Waals surface area contributed by atoms with Gasteiger partial charge in [-0.3, -0.25) is 14.6 Å². The normalized spacial score (nSPS) is 21.0. The highest BCUT2D eigenvalue weighted by atomic mass is 35.5. The van der Waals surface area contributed by atoms with Gasteiger partial charge in [0.1, 0.15) is 6.04 Å². The molecule has 1 saturated heterocycles. The fraction of sp³-hybridized carbons (Fsp3) is 0.400. The molecule has 1 aliphatic rings. The van der Waals surface area contributed by atoms with Crippen LogP contribution in [0.3, 0.4) is 0 Å². The van der Waals surface area contributed by atoms with E-state index in [2.05, 4.69) is 11.0 Å². The van der Waals surface area contributed by atoms with Gasteiger partial charge in [0.15, 0.2) is 0 Å². The predicted molar refractivity (Wildman–Crippen MR) is 86.2 cm³/mol. The molecule has 6 heteroatoms. The SMILES string of the molecule is CN1CCN(Cc2sc3ccccc3c2Cl)C[C@H]1C(=O)O. The number of nitrogens with zero attached hydrogens (tertiary/aromatic N) is 2. The average Bonchev–Trinajstić information content (AvgIpc) is 2.78. The number of halogens is 1. The van der Waals surface area contributed by atoms with Gasteiger partial charge in [-0.25, -0.2) is 0 Å². The molecule has 1 aliphatic heterocycles. The summed E-state index contributed by atoms with van der Waals surface area (Å²) in [5, 5.41) is 11.2. The molecule has 1 aromatic heterocycles. The quantitative estimate of drug-likeness (QED) is 0.943. The lowest BCUT2D eigenvalue weighted by Gasteiger charge is -2.36. The van der Waals surface area contributed by atoms with Gasteiger partial charge in [-0.2, -0.15) is 0 Å². The fourth-order valence-corrected chi connectivity index (χ4v) is 4.25. The first-order valence-corrected chi connectivity index (χ1v) is 8.07. The molecule has 1 N–H and O–H groups in total. The van der Waals surface area contributed by atoms with Crippen molar-refractivity contribution in [3.8, 4) is 0 Å². The number of aliphatic carboxylic acids is 1. The van der Waals surface area contributed by atoms with Gasteiger partial charge in [0, 0.05) is 41.1 Å². The lowest BCUT2D eigenvalue weighted by molar-refractivity contribution is -0.145. The number of fused-ring (bicyclic) bond motifs is 1. The molecule has 0 radical (unpaired) electrons. The minimum Gasteiger partial charge on any atom is -0.480 e. The lowest BCUT2D eigenvalue weighted by atomic mass is 10.1. The first-order chi connectivity index (χ1) is 10.1. The maximum Gasteiger partial charge on any atom is 0.322 e. The Labute approximate surface area is 132 Å². The van der Waals surface area contributed by atoms with Crippen LogP contribution in [0, 0.1) is 0 Å². The van der Waals surface area contributed by atoms with E-state index in [1.807, 2.05) is 30.1 Å². The summed E-state index contributed by atoms with van der Waals surface area (Å²) in [7, 11) is 1.86. The molecule has 1 atom stereocenters. The van der Waals surface area contributed by atoms with Crippen LogP contribution in [0.4, 0.5) is 0 Å². The molecule has 0 amide bonds. The number of piperazine rings is 1. The van der Waals surface area contributed by atoms with Gasteiger partial charge in [0.25, 0.3) is 0 Å². The van der Waals surface area contributed by atoms with Crippen LogP contribution < -0.4 is 0 Å². The van der Waals surface area contributed by atoms with Crippen molar-refractivity contribution in [3.63, 3.8) is 0 Å². The zero-order valence-corrected chi connectivity index (χ0v) is 13.3. The second-order valence-electron chi connectivity index (χ2n) is 5.41. The second kappa shape index (κ2) is 5.93. The number of benzene rings is 1. The van der Waals surface area contributed by atoms with Gasteiger partial charge in [0.05, 0.1) is 5.02 Å². The first-order valence-electron chi connectivity index (χ1n) is 6.87. The summed E-state index contributed by atoms with van der Waals surface area (Å²) in [6, 6.07) is 7.66. The minimum atomic E-state index is -0.760. The van der Waals surface area contributed by atoms with Crippen LogP contribution in [0.5, 0.6) is 0 Å². The Balaban J connectivity index is 1.79. The summed E-state index contributed by atoms with van der Waals surface area (Å²) in [4.78, 5) is 16.5. The molecule has 0 saturated carbocycles. The molecule has 21 heavy (non-hydrogen) atoms. The Morgan fingerprint density at radius 1 is 1.43 bits per heavy atom. The molecule has 2 aromatic rings. The third kappa shape index (κ3) is 2.92. The van der Waals surface area contributed by atoms with E-state index >= 15 is 0 Å². The van der Waals surface area contributed by atoms with E-state index in [9.17, 15) is 9.90 Å². The van der Waals surface area contributed by atoms with Crippen molar-refractivity contribution in [2.75, 3.05) is 26.7 Å². The number of hydrogen-bond donors (Lipinski definition) is 1. The summed E-state index contributed by atoms with van der Waals surface area (Å²) in [5.74, 6) is -0.760. The smallest absolute Gasteiger partial charge is 0.322 e. The van der Waals surface area contributed by atoms with E-state index in [-0.39, 0.29) is 0 Å². The average molecular weight is 325 g/mol. The Hall–Kier alpha value is -1.14. The summed E-state index contributed by atoms with van der Waals surface area (Å²) in [6.45, 7) is 2.89.